The summed E-state index contributed by atoms with van der Waals surface area (Å²) in [6.07, 6.45) is 0.218. The Labute approximate surface area is 94.4 Å². The molecular weight excluding hydrogens is 212 g/mol. The maximum atomic E-state index is 13.8. The minimum Gasteiger partial charge on any atom is -0.379 e. The Morgan fingerprint density at radius 1 is 1.38 bits per heavy atom. The molecule has 0 saturated carbocycles. The zero-order chi connectivity index (χ0) is 12.3. The van der Waals surface area contributed by atoms with E-state index in [1.54, 1.807) is 6.92 Å². The molecule has 90 valence electrons. The van der Waals surface area contributed by atoms with Gasteiger partial charge in [0, 0.05) is 12.7 Å². The molecule has 1 rings (SSSR count). The minimum absolute atomic E-state index is 0.0892. The molecule has 0 aliphatic carbocycles. The Kier molecular flexibility index (Phi) is 4.38. The number of aryl methyl sites for hydroxylation is 1. The molecule has 16 heavy (non-hydrogen) atoms. The van der Waals surface area contributed by atoms with E-state index in [0.29, 0.717) is 12.0 Å². The Morgan fingerprint density at radius 3 is 2.50 bits per heavy atom. The highest BCUT2D eigenvalue weighted by Crippen LogP contribution is 2.26. The minimum atomic E-state index is -0.783. The van der Waals surface area contributed by atoms with Crippen molar-refractivity contribution >= 4 is 0 Å². The lowest BCUT2D eigenvalue weighted by Crippen LogP contribution is -2.29. The summed E-state index contributed by atoms with van der Waals surface area (Å²) in [5.74, 6) is -1.20. The highest BCUT2D eigenvalue weighted by molar-refractivity contribution is 5.29. The molecule has 2 unspecified atom stereocenters. The first-order valence-corrected chi connectivity index (χ1v) is 5.25. The summed E-state index contributed by atoms with van der Waals surface area (Å²) < 4.78 is 32.4. The van der Waals surface area contributed by atoms with Crippen LogP contribution >= 0.6 is 0 Å². The fraction of sp³-hybridized carbons (Fsp3) is 0.500. The number of hydrogen-bond donors (Lipinski definition) is 1. The lowest BCUT2D eigenvalue weighted by Gasteiger charge is -2.22. The smallest absolute Gasteiger partial charge is 0.133 e. The highest BCUT2D eigenvalue weighted by atomic mass is 19.1. The normalized spacial score (nSPS) is 14.9. The zero-order valence-electron chi connectivity index (χ0n) is 9.76. The third-order valence-corrected chi connectivity index (χ3v) is 2.76. The van der Waals surface area contributed by atoms with Gasteiger partial charge >= 0.3 is 0 Å². The van der Waals surface area contributed by atoms with Crippen molar-refractivity contribution in [1.82, 2.24) is 0 Å². The molecule has 2 N–H and O–H groups in total. The van der Waals surface area contributed by atoms with Gasteiger partial charge < -0.3 is 10.5 Å². The Morgan fingerprint density at radius 2 is 2.00 bits per heavy atom. The molecule has 0 aliphatic rings. The van der Waals surface area contributed by atoms with Crippen LogP contribution in [0.3, 0.4) is 0 Å². The van der Waals surface area contributed by atoms with Crippen LogP contribution < -0.4 is 5.73 Å². The van der Waals surface area contributed by atoms with Crippen LogP contribution in [-0.2, 0) is 4.74 Å². The Balaban J connectivity index is 3.16. The average Bonchev–Trinajstić information content (AvgIpc) is 2.26. The summed E-state index contributed by atoms with van der Waals surface area (Å²) in [6.45, 7) is 3.44. The fourth-order valence-electron chi connectivity index (χ4n) is 1.74. The third kappa shape index (κ3) is 2.39. The average molecular weight is 229 g/mol. The quantitative estimate of drug-likeness (QED) is 0.861. The standard InChI is InChI=1S/C12H17F2NO/c1-4-9(16-3)12(15)10-8(13)6-5-7(2)11(10)14/h5-6,9,12H,4,15H2,1-3H3. The molecule has 0 saturated heterocycles. The number of hydrogen-bond acceptors (Lipinski definition) is 2. The van der Waals surface area contributed by atoms with Crippen molar-refractivity contribution in [3.8, 4) is 0 Å². The molecule has 0 heterocycles. The Hall–Kier alpha value is -1.00. The predicted octanol–water partition coefficient (Wildman–Crippen LogP) is 2.70. The van der Waals surface area contributed by atoms with Crippen LogP contribution in [-0.4, -0.2) is 13.2 Å². The Bertz CT molecular complexity index is 364. The predicted molar refractivity (Wildman–Crippen MR) is 59.1 cm³/mol. The molecule has 0 fully saturated rings. The van der Waals surface area contributed by atoms with E-state index in [0.717, 1.165) is 0 Å². The van der Waals surface area contributed by atoms with Gasteiger partial charge in [-0.1, -0.05) is 13.0 Å². The SMILES string of the molecule is CCC(OC)C(N)c1c(F)ccc(C)c1F. The summed E-state index contributed by atoms with van der Waals surface area (Å²) in [5, 5.41) is 0. The topological polar surface area (TPSA) is 35.2 Å². The van der Waals surface area contributed by atoms with Crippen LogP contribution in [0, 0.1) is 18.6 Å². The van der Waals surface area contributed by atoms with Gasteiger partial charge in [0.2, 0.25) is 0 Å². The van der Waals surface area contributed by atoms with Crippen molar-refractivity contribution in [2.75, 3.05) is 7.11 Å². The van der Waals surface area contributed by atoms with Crippen molar-refractivity contribution < 1.29 is 13.5 Å². The van der Waals surface area contributed by atoms with Crippen LogP contribution in [0.25, 0.3) is 0 Å². The van der Waals surface area contributed by atoms with Crippen LogP contribution in [0.1, 0.15) is 30.5 Å². The van der Waals surface area contributed by atoms with E-state index < -0.39 is 17.7 Å². The van der Waals surface area contributed by atoms with E-state index in [1.807, 2.05) is 6.92 Å². The summed E-state index contributed by atoms with van der Waals surface area (Å²) in [5.41, 5.74) is 6.12. The summed E-state index contributed by atoms with van der Waals surface area (Å²) in [7, 11) is 1.49. The summed E-state index contributed by atoms with van der Waals surface area (Å²) in [6, 6.07) is 1.85. The van der Waals surface area contributed by atoms with E-state index in [4.69, 9.17) is 10.5 Å². The van der Waals surface area contributed by atoms with Crippen molar-refractivity contribution in [3.63, 3.8) is 0 Å². The van der Waals surface area contributed by atoms with Crippen molar-refractivity contribution in [2.45, 2.75) is 32.4 Å². The van der Waals surface area contributed by atoms with Crippen molar-refractivity contribution in [2.24, 2.45) is 5.73 Å². The summed E-state index contributed by atoms with van der Waals surface area (Å²) >= 11 is 0. The second-order valence-electron chi connectivity index (χ2n) is 3.80. The molecule has 0 aromatic heterocycles. The summed E-state index contributed by atoms with van der Waals surface area (Å²) in [4.78, 5) is 0. The second kappa shape index (κ2) is 5.37. The molecule has 0 bridgehead atoms. The lowest BCUT2D eigenvalue weighted by atomic mass is 9.97. The maximum Gasteiger partial charge on any atom is 0.133 e. The number of methoxy groups -OCH3 is 1. The third-order valence-electron chi connectivity index (χ3n) is 2.76. The number of halogens is 2. The fourth-order valence-corrected chi connectivity index (χ4v) is 1.74. The molecule has 4 heteroatoms. The highest BCUT2D eigenvalue weighted by Gasteiger charge is 2.24. The first-order chi connectivity index (χ1) is 7.52. The van der Waals surface area contributed by atoms with Gasteiger partial charge in [-0.05, 0) is 25.0 Å². The monoisotopic (exact) mass is 229 g/mol. The number of nitrogens with two attached hydrogens (primary N) is 1. The molecular formula is C12H17F2NO. The van der Waals surface area contributed by atoms with E-state index in [9.17, 15) is 8.78 Å². The molecule has 0 aliphatic heterocycles. The number of rotatable bonds is 4. The van der Waals surface area contributed by atoms with Crippen LogP contribution in [0.5, 0.6) is 0 Å². The lowest BCUT2D eigenvalue weighted by molar-refractivity contribution is 0.0750. The van der Waals surface area contributed by atoms with Gasteiger partial charge in [0.05, 0.1) is 12.1 Å². The largest absolute Gasteiger partial charge is 0.379 e. The van der Waals surface area contributed by atoms with Gasteiger partial charge in [0.15, 0.2) is 0 Å². The molecule has 1 aromatic rings. The van der Waals surface area contributed by atoms with Gasteiger partial charge in [-0.15, -0.1) is 0 Å². The van der Waals surface area contributed by atoms with Crippen LogP contribution in [0.2, 0.25) is 0 Å². The molecule has 0 radical (unpaired) electrons. The molecule has 2 nitrogen and oxygen atoms in total. The van der Waals surface area contributed by atoms with Gasteiger partial charge in [-0.3, -0.25) is 0 Å². The van der Waals surface area contributed by atoms with Gasteiger partial charge in [0.25, 0.3) is 0 Å². The molecule has 0 amide bonds. The van der Waals surface area contributed by atoms with Crippen molar-refractivity contribution in [3.05, 3.63) is 34.9 Å². The van der Waals surface area contributed by atoms with E-state index in [2.05, 4.69) is 0 Å². The zero-order valence-corrected chi connectivity index (χ0v) is 9.76. The van der Waals surface area contributed by atoms with Crippen LogP contribution in [0.4, 0.5) is 8.78 Å². The number of ether oxygens (including phenoxy) is 1. The maximum absolute atomic E-state index is 13.8. The van der Waals surface area contributed by atoms with Crippen LogP contribution in [0.15, 0.2) is 12.1 Å². The van der Waals surface area contributed by atoms with E-state index >= 15 is 0 Å². The van der Waals surface area contributed by atoms with Gasteiger partial charge in [0.1, 0.15) is 11.6 Å². The van der Waals surface area contributed by atoms with Gasteiger partial charge in [-0.2, -0.15) is 0 Å². The number of benzene rings is 1. The second-order valence-corrected chi connectivity index (χ2v) is 3.80. The van der Waals surface area contributed by atoms with Gasteiger partial charge in [-0.25, -0.2) is 8.78 Å². The molecule has 0 spiro atoms. The molecule has 2 atom stereocenters. The first-order valence-electron chi connectivity index (χ1n) is 5.25. The van der Waals surface area contributed by atoms with E-state index in [-0.39, 0.29) is 11.7 Å². The van der Waals surface area contributed by atoms with E-state index in [1.165, 1.54) is 19.2 Å². The molecule has 1 aromatic carbocycles. The first kappa shape index (κ1) is 13.1. The van der Waals surface area contributed by atoms with Crippen molar-refractivity contribution in [1.29, 1.82) is 0 Å².